The lowest BCUT2D eigenvalue weighted by molar-refractivity contribution is -0.118. The van der Waals surface area contributed by atoms with Gasteiger partial charge in [0.1, 0.15) is 0 Å². The maximum absolute atomic E-state index is 12.1. The minimum Gasteiger partial charge on any atom is -0.346 e. The number of hydrogen-bond donors (Lipinski definition) is 0. The molecule has 0 bridgehead atoms. The Morgan fingerprint density at radius 2 is 2.00 bits per heavy atom. The summed E-state index contributed by atoms with van der Waals surface area (Å²) in [5, 5.41) is 0.692. The van der Waals surface area contributed by atoms with Crippen molar-refractivity contribution in [1.29, 1.82) is 0 Å². The second-order valence-electron chi connectivity index (χ2n) is 7.12. The van der Waals surface area contributed by atoms with Crippen LogP contribution in [0.3, 0.4) is 0 Å². The zero-order valence-corrected chi connectivity index (χ0v) is 16.2. The summed E-state index contributed by atoms with van der Waals surface area (Å²) in [5.41, 5.74) is 1.20. The van der Waals surface area contributed by atoms with Gasteiger partial charge in [0.2, 0.25) is 5.91 Å². The van der Waals surface area contributed by atoms with Crippen molar-refractivity contribution < 1.29 is 13.2 Å². The number of benzene rings is 1. The Kier molecular flexibility index (Phi) is 5.53. The normalized spacial score (nSPS) is 26.4. The Labute approximate surface area is 153 Å². The highest BCUT2D eigenvalue weighted by molar-refractivity contribution is 8.15. The van der Waals surface area contributed by atoms with E-state index in [2.05, 4.69) is 17.1 Å². The molecule has 1 aromatic carbocycles. The Bertz CT molecular complexity index is 760. The highest BCUT2D eigenvalue weighted by Crippen LogP contribution is 2.38. The van der Waals surface area contributed by atoms with Gasteiger partial charge in [-0.05, 0) is 17.9 Å². The van der Waals surface area contributed by atoms with Crippen LogP contribution in [0.1, 0.15) is 25.8 Å². The molecule has 0 radical (unpaired) electrons. The molecule has 0 aromatic heterocycles. The number of hydrogen-bond acceptors (Lipinski definition) is 4. The summed E-state index contributed by atoms with van der Waals surface area (Å²) in [6.07, 6.45) is 1.23. The number of thioether (sulfide) groups is 1. The molecule has 2 heterocycles. The maximum atomic E-state index is 12.1. The summed E-state index contributed by atoms with van der Waals surface area (Å²) < 4.78 is 24.0. The molecule has 1 aromatic rings. The molecule has 136 valence electrons. The van der Waals surface area contributed by atoms with E-state index in [-0.39, 0.29) is 34.6 Å². The molecule has 0 spiro atoms. The Morgan fingerprint density at radius 3 is 2.68 bits per heavy atom. The van der Waals surface area contributed by atoms with Crippen LogP contribution in [0.15, 0.2) is 35.3 Å². The van der Waals surface area contributed by atoms with E-state index in [0.717, 1.165) is 6.42 Å². The third-order valence-electron chi connectivity index (χ3n) is 4.46. The standard InChI is InChI=1S/C18H24N2O3S2/c1-13(2)10-17(21)19-18-20(9-8-14-6-4-3-5-7-14)15-11-25(22,23)12-16(15)24-18/h3-7,13,15-16H,8-12H2,1-2H3/t15-,16+/m1/s1. The van der Waals surface area contributed by atoms with Crippen LogP contribution in [-0.2, 0) is 21.1 Å². The minimum atomic E-state index is -2.99. The van der Waals surface area contributed by atoms with Crippen molar-refractivity contribution in [2.24, 2.45) is 10.9 Å². The Balaban J connectivity index is 1.77. The van der Waals surface area contributed by atoms with Gasteiger partial charge in [-0.2, -0.15) is 4.99 Å². The largest absolute Gasteiger partial charge is 0.346 e. The fraction of sp³-hybridized carbons (Fsp3) is 0.556. The van der Waals surface area contributed by atoms with E-state index in [9.17, 15) is 13.2 Å². The smallest absolute Gasteiger partial charge is 0.248 e. The zero-order chi connectivity index (χ0) is 18.0. The monoisotopic (exact) mass is 380 g/mol. The summed E-state index contributed by atoms with van der Waals surface area (Å²) in [4.78, 5) is 18.5. The molecule has 1 amide bonds. The summed E-state index contributed by atoms with van der Waals surface area (Å²) in [6.45, 7) is 4.67. The van der Waals surface area contributed by atoms with Crippen LogP contribution < -0.4 is 0 Å². The number of amidine groups is 1. The number of aliphatic imine (C=N–C) groups is 1. The predicted molar refractivity (Wildman–Crippen MR) is 103 cm³/mol. The third kappa shape index (κ3) is 4.64. The predicted octanol–water partition coefficient (Wildman–Crippen LogP) is 2.37. The molecule has 2 fully saturated rings. The number of carbonyl (C=O) groups is 1. The lowest BCUT2D eigenvalue weighted by Crippen LogP contribution is -2.39. The van der Waals surface area contributed by atoms with Crippen LogP contribution in [0, 0.1) is 5.92 Å². The van der Waals surface area contributed by atoms with Gasteiger partial charge < -0.3 is 4.90 Å². The van der Waals surface area contributed by atoms with Gasteiger partial charge in [0.25, 0.3) is 0 Å². The van der Waals surface area contributed by atoms with Crippen LogP contribution >= 0.6 is 11.8 Å². The van der Waals surface area contributed by atoms with E-state index in [0.29, 0.717) is 18.1 Å². The van der Waals surface area contributed by atoms with Gasteiger partial charge in [0, 0.05) is 18.2 Å². The molecule has 2 aliphatic rings. The molecule has 2 aliphatic heterocycles. The van der Waals surface area contributed by atoms with Gasteiger partial charge in [-0.25, -0.2) is 8.42 Å². The second-order valence-corrected chi connectivity index (χ2v) is 10.5. The Morgan fingerprint density at radius 1 is 1.28 bits per heavy atom. The molecule has 25 heavy (non-hydrogen) atoms. The molecule has 0 aliphatic carbocycles. The third-order valence-corrected chi connectivity index (χ3v) is 7.71. The molecule has 0 N–H and O–H groups in total. The molecule has 2 saturated heterocycles. The van der Waals surface area contributed by atoms with Gasteiger partial charge >= 0.3 is 0 Å². The fourth-order valence-electron chi connectivity index (χ4n) is 3.29. The van der Waals surface area contributed by atoms with E-state index in [1.165, 1.54) is 17.3 Å². The first-order valence-electron chi connectivity index (χ1n) is 8.63. The molecular formula is C18H24N2O3S2. The van der Waals surface area contributed by atoms with Crippen molar-refractivity contribution in [2.45, 2.75) is 38.0 Å². The molecule has 0 saturated carbocycles. The quantitative estimate of drug-likeness (QED) is 0.785. The summed E-state index contributed by atoms with van der Waals surface area (Å²) in [5.74, 6) is 0.490. The molecule has 3 rings (SSSR count). The van der Waals surface area contributed by atoms with Gasteiger partial charge in [-0.15, -0.1) is 0 Å². The fourth-order valence-corrected chi connectivity index (χ4v) is 7.29. The van der Waals surface area contributed by atoms with Gasteiger partial charge in [-0.3, -0.25) is 4.79 Å². The van der Waals surface area contributed by atoms with Crippen LogP contribution in [-0.4, -0.2) is 53.7 Å². The lowest BCUT2D eigenvalue weighted by Gasteiger charge is -2.24. The van der Waals surface area contributed by atoms with Crippen molar-refractivity contribution in [3.63, 3.8) is 0 Å². The summed E-state index contributed by atoms with van der Waals surface area (Å²) >= 11 is 1.46. The second kappa shape index (κ2) is 7.50. The molecule has 5 nitrogen and oxygen atoms in total. The van der Waals surface area contributed by atoms with Crippen LogP contribution in [0.4, 0.5) is 0 Å². The van der Waals surface area contributed by atoms with E-state index in [1.807, 2.05) is 36.9 Å². The Hall–Kier alpha value is -1.34. The first-order chi connectivity index (χ1) is 11.8. The van der Waals surface area contributed by atoms with Crippen LogP contribution in [0.25, 0.3) is 0 Å². The number of rotatable bonds is 5. The van der Waals surface area contributed by atoms with Crippen molar-refractivity contribution >= 4 is 32.7 Å². The molecule has 0 unspecified atom stereocenters. The average molecular weight is 381 g/mol. The molecule has 2 atom stereocenters. The number of nitrogens with zero attached hydrogens (tertiary/aromatic N) is 2. The molecular weight excluding hydrogens is 356 g/mol. The van der Waals surface area contributed by atoms with Crippen molar-refractivity contribution in [2.75, 3.05) is 18.1 Å². The van der Waals surface area contributed by atoms with Gasteiger partial charge in [0.15, 0.2) is 15.0 Å². The topological polar surface area (TPSA) is 66.8 Å². The summed E-state index contributed by atoms with van der Waals surface area (Å²) in [7, 11) is -2.99. The molecule has 7 heteroatoms. The summed E-state index contributed by atoms with van der Waals surface area (Å²) in [6, 6.07) is 10.0. The van der Waals surface area contributed by atoms with Crippen molar-refractivity contribution in [3.05, 3.63) is 35.9 Å². The van der Waals surface area contributed by atoms with Gasteiger partial charge in [-0.1, -0.05) is 55.9 Å². The van der Waals surface area contributed by atoms with Crippen LogP contribution in [0.5, 0.6) is 0 Å². The van der Waals surface area contributed by atoms with E-state index in [4.69, 9.17) is 0 Å². The highest BCUT2D eigenvalue weighted by Gasteiger charge is 2.48. The number of carbonyl (C=O) groups excluding carboxylic acids is 1. The van der Waals surface area contributed by atoms with Crippen LogP contribution in [0.2, 0.25) is 0 Å². The van der Waals surface area contributed by atoms with E-state index >= 15 is 0 Å². The number of amides is 1. The minimum absolute atomic E-state index is 0.00799. The van der Waals surface area contributed by atoms with E-state index in [1.54, 1.807) is 0 Å². The first kappa shape index (κ1) is 18.5. The maximum Gasteiger partial charge on any atom is 0.248 e. The van der Waals surface area contributed by atoms with E-state index < -0.39 is 9.84 Å². The highest BCUT2D eigenvalue weighted by atomic mass is 32.2. The first-order valence-corrected chi connectivity index (χ1v) is 11.3. The van der Waals surface area contributed by atoms with Crippen molar-refractivity contribution in [3.8, 4) is 0 Å². The SMILES string of the molecule is CC(C)CC(=O)N=C1S[C@H]2CS(=O)(=O)C[C@H]2N1CCc1ccccc1. The number of sulfone groups is 1. The zero-order valence-electron chi connectivity index (χ0n) is 14.6. The van der Waals surface area contributed by atoms with Gasteiger partial charge in [0.05, 0.1) is 17.5 Å². The van der Waals surface area contributed by atoms with Crippen molar-refractivity contribution in [1.82, 2.24) is 4.90 Å². The average Bonchev–Trinajstić information content (AvgIpc) is 2.97. The number of fused-ring (bicyclic) bond motifs is 1. The lowest BCUT2D eigenvalue weighted by atomic mass is 10.1.